The van der Waals surface area contributed by atoms with Gasteiger partial charge in [-0.2, -0.15) is 0 Å². The minimum Gasteiger partial charge on any atom is -0.513 e. The molecule has 0 saturated carbocycles. The Kier molecular flexibility index (Phi) is 6.79. The first kappa shape index (κ1) is 19.8. The summed E-state index contributed by atoms with van der Waals surface area (Å²) in [4.78, 5) is 0. The number of aryl methyl sites for hydroxylation is 3. The molecule has 0 unspecified atom stereocenters. The molecule has 0 saturated heterocycles. The molecule has 1 aliphatic rings. The van der Waals surface area contributed by atoms with Gasteiger partial charge in [0.25, 0.3) is 0 Å². The largest absolute Gasteiger partial charge is 0.513 e. The molecule has 142 valence electrons. The zero-order valence-corrected chi connectivity index (χ0v) is 17.0. The summed E-state index contributed by atoms with van der Waals surface area (Å²) in [7, 11) is 0. The standard InChI is InChI=1S/C25H29ClO/c1-18-17-20(8-11-21(18)10-7-19(2)27)9-12-22-5-3-4-6-25(22)23-13-15-24(26)16-14-23/h8,11,13-17,27H,2-7,9-10,12H2,1H3. The van der Waals surface area contributed by atoms with Gasteiger partial charge in [0.1, 0.15) is 0 Å². The molecule has 2 heteroatoms. The summed E-state index contributed by atoms with van der Waals surface area (Å²) in [5.74, 6) is 0.262. The summed E-state index contributed by atoms with van der Waals surface area (Å²) in [5.41, 5.74) is 8.49. The quantitative estimate of drug-likeness (QED) is 0.490. The van der Waals surface area contributed by atoms with Crippen LogP contribution in [0.3, 0.4) is 0 Å². The third-order valence-electron chi connectivity index (χ3n) is 5.58. The van der Waals surface area contributed by atoms with Gasteiger partial charge in [0.15, 0.2) is 0 Å². The van der Waals surface area contributed by atoms with Gasteiger partial charge in [0.2, 0.25) is 0 Å². The molecule has 0 fully saturated rings. The van der Waals surface area contributed by atoms with E-state index < -0.39 is 0 Å². The first-order chi connectivity index (χ1) is 13.0. The van der Waals surface area contributed by atoms with E-state index in [-0.39, 0.29) is 5.76 Å². The van der Waals surface area contributed by atoms with Crippen LogP contribution in [0.1, 0.15) is 60.8 Å². The third kappa shape index (κ3) is 5.49. The van der Waals surface area contributed by atoms with Gasteiger partial charge in [-0.1, -0.05) is 54.1 Å². The topological polar surface area (TPSA) is 20.2 Å². The molecule has 1 aliphatic carbocycles. The number of hydrogen-bond donors (Lipinski definition) is 1. The van der Waals surface area contributed by atoms with Gasteiger partial charge in [-0.05, 0) is 91.8 Å². The number of benzene rings is 2. The normalized spacial score (nSPS) is 14.4. The second-order valence-corrected chi connectivity index (χ2v) is 8.06. The Labute approximate surface area is 168 Å². The monoisotopic (exact) mass is 380 g/mol. The minimum absolute atomic E-state index is 0.262. The van der Waals surface area contributed by atoms with E-state index in [1.54, 1.807) is 5.57 Å². The lowest BCUT2D eigenvalue weighted by atomic mass is 9.84. The van der Waals surface area contributed by atoms with Crippen molar-refractivity contribution < 1.29 is 5.11 Å². The van der Waals surface area contributed by atoms with Crippen molar-refractivity contribution in [3.63, 3.8) is 0 Å². The lowest BCUT2D eigenvalue weighted by Gasteiger charge is -2.21. The minimum atomic E-state index is 0.262. The Balaban J connectivity index is 1.71. The van der Waals surface area contributed by atoms with E-state index in [2.05, 4.69) is 43.8 Å². The Morgan fingerprint density at radius 3 is 2.44 bits per heavy atom. The third-order valence-corrected chi connectivity index (χ3v) is 5.83. The molecular weight excluding hydrogens is 352 g/mol. The summed E-state index contributed by atoms with van der Waals surface area (Å²) >= 11 is 6.06. The van der Waals surface area contributed by atoms with Crippen LogP contribution < -0.4 is 0 Å². The summed E-state index contributed by atoms with van der Waals surface area (Å²) in [6.45, 7) is 5.74. The SMILES string of the molecule is C=C(O)CCc1ccc(CCC2=C(c3ccc(Cl)cc3)CCCC2)cc1C. The highest BCUT2D eigenvalue weighted by molar-refractivity contribution is 6.30. The van der Waals surface area contributed by atoms with Gasteiger partial charge in [-0.25, -0.2) is 0 Å². The van der Waals surface area contributed by atoms with Crippen molar-refractivity contribution in [2.75, 3.05) is 0 Å². The molecule has 0 atom stereocenters. The molecule has 1 nitrogen and oxygen atoms in total. The fraction of sp³-hybridized carbons (Fsp3) is 0.360. The maximum Gasteiger partial charge on any atom is 0.0854 e. The van der Waals surface area contributed by atoms with Crippen LogP contribution in [-0.2, 0) is 12.8 Å². The molecule has 1 N–H and O–H groups in total. The number of allylic oxidation sites excluding steroid dienone is 3. The van der Waals surface area contributed by atoms with Crippen LogP contribution in [0.5, 0.6) is 0 Å². The van der Waals surface area contributed by atoms with Crippen LogP contribution in [0.15, 0.2) is 60.4 Å². The zero-order chi connectivity index (χ0) is 19.2. The lowest BCUT2D eigenvalue weighted by Crippen LogP contribution is -2.02. The highest BCUT2D eigenvalue weighted by Crippen LogP contribution is 2.35. The molecule has 0 bridgehead atoms. The van der Waals surface area contributed by atoms with Gasteiger partial charge < -0.3 is 5.11 Å². The van der Waals surface area contributed by atoms with E-state index in [1.165, 1.54) is 53.5 Å². The molecule has 3 rings (SSSR count). The number of hydrogen-bond acceptors (Lipinski definition) is 1. The molecule has 27 heavy (non-hydrogen) atoms. The van der Waals surface area contributed by atoms with Gasteiger partial charge in [0, 0.05) is 11.4 Å². The average Bonchev–Trinajstić information content (AvgIpc) is 2.66. The predicted octanol–water partition coefficient (Wildman–Crippen LogP) is 7.61. The Bertz CT molecular complexity index is 830. The molecule has 0 aliphatic heterocycles. The fourth-order valence-corrected chi connectivity index (χ4v) is 4.14. The first-order valence-corrected chi connectivity index (χ1v) is 10.3. The summed E-state index contributed by atoms with van der Waals surface area (Å²) < 4.78 is 0. The Morgan fingerprint density at radius 1 is 1.00 bits per heavy atom. The number of halogens is 1. The van der Waals surface area contributed by atoms with Gasteiger partial charge >= 0.3 is 0 Å². The van der Waals surface area contributed by atoms with Crippen LogP contribution in [-0.4, -0.2) is 5.11 Å². The van der Waals surface area contributed by atoms with Crippen LogP contribution in [0, 0.1) is 6.92 Å². The molecule has 0 radical (unpaired) electrons. The van der Waals surface area contributed by atoms with Crippen LogP contribution >= 0.6 is 11.6 Å². The lowest BCUT2D eigenvalue weighted by molar-refractivity contribution is 0.391. The molecular formula is C25H29ClO. The van der Waals surface area contributed by atoms with E-state index in [4.69, 9.17) is 11.6 Å². The molecule has 2 aromatic carbocycles. The predicted molar refractivity (Wildman–Crippen MR) is 116 cm³/mol. The van der Waals surface area contributed by atoms with E-state index in [9.17, 15) is 5.11 Å². The van der Waals surface area contributed by atoms with Gasteiger partial charge in [-0.3, -0.25) is 0 Å². The maximum absolute atomic E-state index is 9.31. The number of aliphatic hydroxyl groups is 1. The molecule has 2 aromatic rings. The summed E-state index contributed by atoms with van der Waals surface area (Å²) in [6.07, 6.45) is 8.68. The Hall–Kier alpha value is -1.99. The molecule has 0 aromatic heterocycles. The zero-order valence-electron chi connectivity index (χ0n) is 16.2. The van der Waals surface area contributed by atoms with E-state index in [0.29, 0.717) is 6.42 Å². The Morgan fingerprint density at radius 2 is 1.74 bits per heavy atom. The highest BCUT2D eigenvalue weighted by Gasteiger charge is 2.14. The van der Waals surface area contributed by atoms with Crippen molar-refractivity contribution in [1.82, 2.24) is 0 Å². The van der Waals surface area contributed by atoms with Crippen molar-refractivity contribution in [3.05, 3.63) is 87.7 Å². The van der Waals surface area contributed by atoms with Crippen molar-refractivity contribution >= 4 is 17.2 Å². The number of aliphatic hydroxyl groups excluding tert-OH is 1. The average molecular weight is 381 g/mol. The van der Waals surface area contributed by atoms with Crippen molar-refractivity contribution in [1.29, 1.82) is 0 Å². The second-order valence-electron chi connectivity index (χ2n) is 7.62. The fourth-order valence-electron chi connectivity index (χ4n) is 4.01. The molecule has 0 amide bonds. The van der Waals surface area contributed by atoms with Gasteiger partial charge in [-0.15, -0.1) is 0 Å². The van der Waals surface area contributed by atoms with Crippen LogP contribution in [0.25, 0.3) is 5.57 Å². The molecule has 0 spiro atoms. The number of rotatable bonds is 7. The van der Waals surface area contributed by atoms with Crippen molar-refractivity contribution in [3.8, 4) is 0 Å². The van der Waals surface area contributed by atoms with E-state index in [0.717, 1.165) is 24.3 Å². The van der Waals surface area contributed by atoms with Gasteiger partial charge in [0.05, 0.1) is 5.76 Å². The van der Waals surface area contributed by atoms with Crippen LogP contribution in [0.2, 0.25) is 5.02 Å². The first-order valence-electron chi connectivity index (χ1n) is 9.95. The smallest absolute Gasteiger partial charge is 0.0854 e. The second kappa shape index (κ2) is 9.28. The van der Waals surface area contributed by atoms with E-state index in [1.807, 2.05) is 12.1 Å². The van der Waals surface area contributed by atoms with E-state index >= 15 is 0 Å². The van der Waals surface area contributed by atoms with Crippen LogP contribution in [0.4, 0.5) is 0 Å². The van der Waals surface area contributed by atoms with Crippen molar-refractivity contribution in [2.24, 2.45) is 0 Å². The summed E-state index contributed by atoms with van der Waals surface area (Å²) in [6, 6.07) is 15.1. The summed E-state index contributed by atoms with van der Waals surface area (Å²) in [5, 5.41) is 10.1. The maximum atomic E-state index is 9.31. The van der Waals surface area contributed by atoms with Crippen molar-refractivity contribution in [2.45, 2.75) is 58.3 Å². The molecule has 0 heterocycles. The highest BCUT2D eigenvalue weighted by atomic mass is 35.5.